The number of nitrogens with zero attached hydrogens (tertiary/aromatic N) is 2. The van der Waals surface area contributed by atoms with E-state index in [9.17, 15) is 4.79 Å². The fourth-order valence-electron chi connectivity index (χ4n) is 4.87. The van der Waals surface area contributed by atoms with Crippen LogP contribution in [-0.2, 0) is 22.4 Å². The number of aromatic nitrogens is 3. The maximum Gasteiger partial charge on any atom is 0.230 e. The molecule has 1 aliphatic heterocycles. The van der Waals surface area contributed by atoms with Crippen molar-refractivity contribution in [1.29, 1.82) is 0 Å². The maximum atomic E-state index is 12.9. The number of hydrogen-bond donors (Lipinski definition) is 2. The van der Waals surface area contributed by atoms with E-state index in [1.54, 1.807) is 4.90 Å². The Labute approximate surface area is 177 Å². The molecule has 1 saturated heterocycles. The predicted octanol–water partition coefficient (Wildman–Crippen LogP) is 4.46. The summed E-state index contributed by atoms with van der Waals surface area (Å²) in [7, 11) is 1.87. The Hall–Kier alpha value is -2.60. The summed E-state index contributed by atoms with van der Waals surface area (Å²) in [6.45, 7) is 5.99. The van der Waals surface area contributed by atoms with Crippen molar-refractivity contribution in [1.82, 2.24) is 15.2 Å². The summed E-state index contributed by atoms with van der Waals surface area (Å²) in [5.74, 6) is 0.235. The third kappa shape index (κ3) is 3.43. The van der Waals surface area contributed by atoms with Gasteiger partial charge in [0.15, 0.2) is 0 Å². The molecule has 0 bridgehead atoms. The topological polar surface area (TPSA) is 74.0 Å². The first-order chi connectivity index (χ1) is 14.4. The molecule has 158 valence electrons. The molecular formula is C24H30N4O2. The zero-order valence-corrected chi connectivity index (χ0v) is 18.0. The molecule has 2 aromatic heterocycles. The van der Waals surface area contributed by atoms with Crippen molar-refractivity contribution in [3.05, 3.63) is 35.5 Å². The molecule has 0 saturated carbocycles. The minimum atomic E-state index is 0.0565. The average molecular weight is 407 g/mol. The lowest BCUT2D eigenvalue weighted by Crippen LogP contribution is -2.35. The van der Waals surface area contributed by atoms with Gasteiger partial charge in [0.2, 0.25) is 5.91 Å². The van der Waals surface area contributed by atoms with Crippen LogP contribution < -0.4 is 4.90 Å². The molecular weight excluding hydrogens is 376 g/mol. The number of amides is 1. The number of anilines is 1. The molecule has 30 heavy (non-hydrogen) atoms. The molecule has 6 nitrogen and oxygen atoms in total. The molecule has 1 fully saturated rings. The van der Waals surface area contributed by atoms with Crippen LogP contribution in [0.5, 0.6) is 0 Å². The van der Waals surface area contributed by atoms with Gasteiger partial charge in [0, 0.05) is 54.0 Å². The minimum Gasteiger partial charge on any atom is -0.381 e. The number of H-pyrrole nitrogens is 2. The zero-order chi connectivity index (χ0) is 20.9. The number of fused-ring (bicyclic) bond motifs is 2. The van der Waals surface area contributed by atoms with Crippen molar-refractivity contribution >= 4 is 22.5 Å². The SMILES string of the molecule is CN(C(=O)C1CCOCC1)c1ccc2[nH]c(-c3n[nH]c4c3CCC(C)(C)C4)cc2c1. The van der Waals surface area contributed by atoms with E-state index in [1.807, 2.05) is 13.1 Å². The Morgan fingerprint density at radius 3 is 2.83 bits per heavy atom. The average Bonchev–Trinajstić information content (AvgIpc) is 3.35. The van der Waals surface area contributed by atoms with Gasteiger partial charge >= 0.3 is 0 Å². The molecule has 1 amide bonds. The minimum absolute atomic E-state index is 0.0565. The van der Waals surface area contributed by atoms with Crippen LogP contribution in [0.25, 0.3) is 22.3 Å². The third-order valence-electron chi connectivity index (χ3n) is 6.81. The van der Waals surface area contributed by atoms with Crippen molar-refractivity contribution in [2.45, 2.75) is 46.0 Å². The Morgan fingerprint density at radius 1 is 1.23 bits per heavy atom. The highest BCUT2D eigenvalue weighted by atomic mass is 16.5. The Balaban J connectivity index is 1.42. The Morgan fingerprint density at radius 2 is 2.03 bits per heavy atom. The second kappa shape index (κ2) is 7.27. The van der Waals surface area contributed by atoms with Crippen LogP contribution in [0.2, 0.25) is 0 Å². The molecule has 0 radical (unpaired) electrons. The number of carbonyl (C=O) groups excluding carboxylic acids is 1. The summed E-state index contributed by atoms with van der Waals surface area (Å²) in [4.78, 5) is 18.2. The summed E-state index contributed by atoms with van der Waals surface area (Å²) in [5.41, 5.74) is 7.00. The molecule has 2 N–H and O–H groups in total. The van der Waals surface area contributed by atoms with Crippen molar-refractivity contribution in [2.24, 2.45) is 11.3 Å². The van der Waals surface area contributed by atoms with Crippen LogP contribution in [0.1, 0.15) is 44.4 Å². The second-order valence-electron chi connectivity index (χ2n) is 9.61. The molecule has 1 aromatic carbocycles. The van der Waals surface area contributed by atoms with E-state index in [4.69, 9.17) is 4.74 Å². The van der Waals surface area contributed by atoms with Crippen LogP contribution in [0.15, 0.2) is 24.3 Å². The molecule has 5 rings (SSSR count). The van der Waals surface area contributed by atoms with Gasteiger partial charge in [-0.25, -0.2) is 0 Å². The number of benzene rings is 1. The first-order valence-electron chi connectivity index (χ1n) is 11.0. The molecule has 3 heterocycles. The molecule has 6 heteroatoms. The molecule has 0 unspecified atom stereocenters. The van der Waals surface area contributed by atoms with E-state index >= 15 is 0 Å². The van der Waals surface area contributed by atoms with Gasteiger partial charge < -0.3 is 14.6 Å². The quantitative estimate of drug-likeness (QED) is 0.674. The Kier molecular flexibility index (Phi) is 4.69. The van der Waals surface area contributed by atoms with E-state index in [0.29, 0.717) is 18.6 Å². The van der Waals surface area contributed by atoms with E-state index in [1.165, 1.54) is 17.7 Å². The van der Waals surface area contributed by atoms with Crippen LogP contribution in [-0.4, -0.2) is 41.3 Å². The second-order valence-corrected chi connectivity index (χ2v) is 9.61. The highest BCUT2D eigenvalue weighted by molar-refractivity contribution is 5.97. The molecule has 3 aromatic rings. The number of rotatable bonds is 3. The summed E-state index contributed by atoms with van der Waals surface area (Å²) < 4.78 is 5.40. The highest BCUT2D eigenvalue weighted by Gasteiger charge is 2.29. The zero-order valence-electron chi connectivity index (χ0n) is 18.0. The van der Waals surface area contributed by atoms with E-state index < -0.39 is 0 Å². The lowest BCUT2D eigenvalue weighted by molar-refractivity contribution is -0.124. The number of hydrogen-bond acceptors (Lipinski definition) is 3. The Bertz CT molecular complexity index is 1090. The fraction of sp³-hybridized carbons (Fsp3) is 0.500. The van der Waals surface area contributed by atoms with Crippen LogP contribution in [0.3, 0.4) is 0 Å². The smallest absolute Gasteiger partial charge is 0.230 e. The monoisotopic (exact) mass is 406 g/mol. The molecule has 1 aliphatic carbocycles. The molecule has 0 atom stereocenters. The summed E-state index contributed by atoms with van der Waals surface area (Å²) in [5, 5.41) is 9.01. The van der Waals surface area contributed by atoms with Crippen LogP contribution >= 0.6 is 0 Å². The van der Waals surface area contributed by atoms with E-state index in [0.717, 1.165) is 53.7 Å². The number of nitrogens with one attached hydrogen (secondary N) is 2. The number of carbonyl (C=O) groups is 1. The largest absolute Gasteiger partial charge is 0.381 e. The van der Waals surface area contributed by atoms with E-state index in [2.05, 4.69) is 47.2 Å². The van der Waals surface area contributed by atoms with Gasteiger partial charge in [-0.3, -0.25) is 9.89 Å². The summed E-state index contributed by atoms with van der Waals surface area (Å²) in [6.07, 6.45) is 4.88. The summed E-state index contributed by atoms with van der Waals surface area (Å²) >= 11 is 0. The maximum absolute atomic E-state index is 12.9. The lowest BCUT2D eigenvalue weighted by Gasteiger charge is -2.28. The lowest BCUT2D eigenvalue weighted by atomic mass is 9.76. The third-order valence-corrected chi connectivity index (χ3v) is 6.81. The molecule has 0 spiro atoms. The van der Waals surface area contributed by atoms with Crippen LogP contribution in [0.4, 0.5) is 5.69 Å². The van der Waals surface area contributed by atoms with Gasteiger partial charge in [0.1, 0.15) is 5.69 Å². The van der Waals surface area contributed by atoms with Crippen molar-refractivity contribution in [2.75, 3.05) is 25.2 Å². The number of ether oxygens (including phenoxy) is 1. The van der Waals surface area contributed by atoms with Crippen molar-refractivity contribution < 1.29 is 9.53 Å². The van der Waals surface area contributed by atoms with Crippen molar-refractivity contribution in [3.8, 4) is 11.4 Å². The standard InChI is InChI=1S/C24H30N4O2/c1-24(2)9-6-18-21(14-24)26-27-22(18)20-13-16-12-17(4-5-19(16)25-20)28(3)23(29)15-7-10-30-11-8-15/h4-5,12-13,15,25H,6-11,14H2,1-3H3,(H,26,27). The summed E-state index contributed by atoms with van der Waals surface area (Å²) in [6, 6.07) is 8.32. The highest BCUT2D eigenvalue weighted by Crippen LogP contribution is 2.38. The first-order valence-corrected chi connectivity index (χ1v) is 11.0. The molecule has 2 aliphatic rings. The van der Waals surface area contributed by atoms with Crippen LogP contribution in [0, 0.1) is 11.3 Å². The van der Waals surface area contributed by atoms with Gasteiger partial charge in [-0.05, 0) is 61.8 Å². The van der Waals surface area contributed by atoms with Gasteiger partial charge in [0.25, 0.3) is 0 Å². The van der Waals surface area contributed by atoms with Gasteiger partial charge in [-0.15, -0.1) is 0 Å². The van der Waals surface area contributed by atoms with Gasteiger partial charge in [0.05, 0.1) is 5.69 Å². The number of aromatic amines is 2. The van der Waals surface area contributed by atoms with Gasteiger partial charge in [-0.2, -0.15) is 5.10 Å². The normalized spacial score (nSPS) is 19.0. The van der Waals surface area contributed by atoms with Gasteiger partial charge in [-0.1, -0.05) is 13.8 Å². The fourth-order valence-corrected chi connectivity index (χ4v) is 4.87. The predicted molar refractivity (Wildman–Crippen MR) is 119 cm³/mol. The van der Waals surface area contributed by atoms with E-state index in [-0.39, 0.29) is 11.8 Å². The first kappa shape index (κ1) is 19.4. The van der Waals surface area contributed by atoms with Crippen molar-refractivity contribution in [3.63, 3.8) is 0 Å².